The molecule has 1 aromatic rings. The first kappa shape index (κ1) is 13.2. The molecule has 0 aliphatic rings. The first-order chi connectivity index (χ1) is 7.90. The number of nitrogens with zero attached hydrogens (tertiary/aromatic N) is 2. The number of carboxylic acid groups (broad SMARTS) is 1. The van der Waals surface area contributed by atoms with Crippen LogP contribution in [0.3, 0.4) is 0 Å². The summed E-state index contributed by atoms with van der Waals surface area (Å²) in [6.45, 7) is 1.44. The Morgan fingerprint density at radius 3 is 2.65 bits per heavy atom. The zero-order valence-electron chi connectivity index (χ0n) is 10.2. The summed E-state index contributed by atoms with van der Waals surface area (Å²) in [4.78, 5) is 22.8. The molecular formula is C11H17N3O3. The zero-order valence-corrected chi connectivity index (χ0v) is 10.2. The number of carbonyl (C=O) groups excluding carboxylic acids is 1. The normalized spacial score (nSPS) is 14.1. The van der Waals surface area contributed by atoms with Crippen molar-refractivity contribution in [2.45, 2.75) is 19.8 Å². The van der Waals surface area contributed by atoms with Gasteiger partial charge in [-0.05, 0) is 25.3 Å². The first-order valence-electron chi connectivity index (χ1n) is 5.33. The van der Waals surface area contributed by atoms with Crippen LogP contribution in [0.4, 0.5) is 0 Å². The molecule has 6 nitrogen and oxygen atoms in total. The van der Waals surface area contributed by atoms with Gasteiger partial charge < -0.3 is 10.4 Å². The Balaban J connectivity index is 2.75. The number of amides is 1. The van der Waals surface area contributed by atoms with E-state index >= 15 is 0 Å². The van der Waals surface area contributed by atoms with Gasteiger partial charge in [0.25, 0.3) is 0 Å². The average Bonchev–Trinajstić information content (AvgIpc) is 2.70. The molecule has 2 N–H and O–H groups in total. The second kappa shape index (κ2) is 4.99. The highest BCUT2D eigenvalue weighted by Gasteiger charge is 2.40. The molecule has 0 radical (unpaired) electrons. The summed E-state index contributed by atoms with van der Waals surface area (Å²) in [7, 11) is 3.23. The number of aryl methyl sites for hydroxylation is 2. The number of carboxylic acids is 1. The van der Waals surface area contributed by atoms with Gasteiger partial charge in [-0.3, -0.25) is 14.3 Å². The Labute approximate surface area is 99.6 Å². The molecular weight excluding hydrogens is 222 g/mol. The molecule has 0 bridgehead atoms. The predicted molar refractivity (Wildman–Crippen MR) is 61.3 cm³/mol. The van der Waals surface area contributed by atoms with Crippen molar-refractivity contribution in [3.8, 4) is 0 Å². The fourth-order valence-corrected chi connectivity index (χ4v) is 1.59. The van der Waals surface area contributed by atoms with E-state index in [1.807, 2.05) is 6.20 Å². The second-order valence-electron chi connectivity index (χ2n) is 4.24. The van der Waals surface area contributed by atoms with Crippen molar-refractivity contribution in [3.05, 3.63) is 18.0 Å². The number of hydrogen-bond acceptors (Lipinski definition) is 3. The van der Waals surface area contributed by atoms with Crippen molar-refractivity contribution in [2.75, 3.05) is 7.05 Å². The summed E-state index contributed by atoms with van der Waals surface area (Å²) in [6, 6.07) is 0. The molecule has 0 saturated carbocycles. The minimum Gasteiger partial charge on any atom is -0.480 e. The quantitative estimate of drug-likeness (QED) is 0.718. The molecule has 1 aromatic heterocycles. The minimum atomic E-state index is -1.40. The lowest BCUT2D eigenvalue weighted by molar-refractivity contribution is -0.154. The lowest BCUT2D eigenvalue weighted by Crippen LogP contribution is -2.43. The van der Waals surface area contributed by atoms with Gasteiger partial charge in [0.15, 0.2) is 0 Å². The summed E-state index contributed by atoms with van der Waals surface area (Å²) in [6.07, 6.45) is 4.23. The van der Waals surface area contributed by atoms with Crippen molar-refractivity contribution < 1.29 is 14.7 Å². The van der Waals surface area contributed by atoms with Gasteiger partial charge in [0.1, 0.15) is 5.41 Å². The molecule has 0 saturated heterocycles. The van der Waals surface area contributed by atoms with E-state index in [9.17, 15) is 9.59 Å². The van der Waals surface area contributed by atoms with Gasteiger partial charge in [0.2, 0.25) is 5.91 Å². The van der Waals surface area contributed by atoms with Gasteiger partial charge in [0, 0.05) is 20.3 Å². The summed E-state index contributed by atoms with van der Waals surface area (Å²) >= 11 is 0. The number of aliphatic carboxylic acids is 1. The molecule has 0 spiro atoms. The van der Waals surface area contributed by atoms with Crippen LogP contribution in [0.2, 0.25) is 0 Å². The van der Waals surface area contributed by atoms with Gasteiger partial charge in [-0.15, -0.1) is 0 Å². The monoisotopic (exact) mass is 239 g/mol. The van der Waals surface area contributed by atoms with E-state index in [2.05, 4.69) is 10.4 Å². The van der Waals surface area contributed by atoms with Gasteiger partial charge in [-0.1, -0.05) is 0 Å². The number of hydrogen-bond donors (Lipinski definition) is 2. The van der Waals surface area contributed by atoms with Crippen molar-refractivity contribution in [2.24, 2.45) is 12.5 Å². The summed E-state index contributed by atoms with van der Waals surface area (Å²) in [5.41, 5.74) is -0.478. The fraction of sp³-hybridized carbons (Fsp3) is 0.545. The van der Waals surface area contributed by atoms with E-state index < -0.39 is 17.3 Å². The Morgan fingerprint density at radius 1 is 1.59 bits per heavy atom. The second-order valence-corrected chi connectivity index (χ2v) is 4.24. The Morgan fingerprint density at radius 2 is 2.24 bits per heavy atom. The highest BCUT2D eigenvalue weighted by atomic mass is 16.4. The average molecular weight is 239 g/mol. The molecule has 1 atom stereocenters. The van der Waals surface area contributed by atoms with E-state index in [0.717, 1.165) is 5.56 Å². The van der Waals surface area contributed by atoms with Crippen LogP contribution in [0.15, 0.2) is 12.4 Å². The van der Waals surface area contributed by atoms with Gasteiger partial charge >= 0.3 is 5.97 Å². The van der Waals surface area contributed by atoms with Crippen molar-refractivity contribution in [3.63, 3.8) is 0 Å². The molecule has 0 aromatic carbocycles. The van der Waals surface area contributed by atoms with Gasteiger partial charge in [-0.2, -0.15) is 5.10 Å². The molecule has 0 fully saturated rings. The van der Waals surface area contributed by atoms with Crippen LogP contribution in [0.5, 0.6) is 0 Å². The lowest BCUT2D eigenvalue weighted by Gasteiger charge is -2.22. The summed E-state index contributed by atoms with van der Waals surface area (Å²) in [5.74, 6) is -1.59. The van der Waals surface area contributed by atoms with Crippen molar-refractivity contribution in [1.29, 1.82) is 0 Å². The zero-order chi connectivity index (χ0) is 13.1. The lowest BCUT2D eigenvalue weighted by atomic mass is 9.83. The van der Waals surface area contributed by atoms with Gasteiger partial charge in [-0.25, -0.2) is 0 Å². The van der Waals surface area contributed by atoms with Crippen LogP contribution >= 0.6 is 0 Å². The predicted octanol–water partition coefficient (Wildman–Crippen LogP) is 0.190. The number of carbonyl (C=O) groups is 2. The maximum atomic E-state index is 11.6. The number of nitrogens with one attached hydrogen (secondary N) is 1. The molecule has 1 heterocycles. The van der Waals surface area contributed by atoms with E-state index in [-0.39, 0.29) is 6.42 Å². The highest BCUT2D eigenvalue weighted by Crippen LogP contribution is 2.24. The van der Waals surface area contributed by atoms with Crippen LogP contribution in [-0.4, -0.2) is 33.8 Å². The smallest absolute Gasteiger partial charge is 0.318 e. The molecule has 1 amide bonds. The van der Waals surface area contributed by atoms with Gasteiger partial charge in [0.05, 0.1) is 6.20 Å². The third-order valence-electron chi connectivity index (χ3n) is 2.87. The van der Waals surface area contributed by atoms with E-state index in [4.69, 9.17) is 5.11 Å². The first-order valence-corrected chi connectivity index (χ1v) is 5.33. The number of aromatic nitrogens is 2. The van der Waals surface area contributed by atoms with E-state index in [0.29, 0.717) is 6.42 Å². The molecule has 0 aliphatic heterocycles. The SMILES string of the molecule is CNC(=O)C(C)(CCc1cnn(C)c1)C(=O)O. The topological polar surface area (TPSA) is 84.2 Å². The standard InChI is InChI=1S/C11H17N3O3/c1-11(10(16)17,9(15)12-2)5-4-8-6-13-14(3)7-8/h6-7H,4-5H2,1-3H3,(H,12,15)(H,16,17). The molecule has 17 heavy (non-hydrogen) atoms. The van der Waals surface area contributed by atoms with Crippen LogP contribution < -0.4 is 5.32 Å². The summed E-state index contributed by atoms with van der Waals surface area (Å²) < 4.78 is 1.65. The summed E-state index contributed by atoms with van der Waals surface area (Å²) in [5, 5.41) is 15.5. The van der Waals surface area contributed by atoms with Crippen molar-refractivity contribution >= 4 is 11.9 Å². The highest BCUT2D eigenvalue weighted by molar-refractivity contribution is 6.01. The van der Waals surface area contributed by atoms with Crippen LogP contribution in [0.25, 0.3) is 0 Å². The van der Waals surface area contributed by atoms with Crippen LogP contribution in [0.1, 0.15) is 18.9 Å². The Kier molecular flexibility index (Phi) is 3.88. The maximum absolute atomic E-state index is 11.6. The van der Waals surface area contributed by atoms with Crippen LogP contribution in [-0.2, 0) is 23.1 Å². The van der Waals surface area contributed by atoms with E-state index in [1.165, 1.54) is 14.0 Å². The Bertz CT molecular complexity index is 427. The third-order valence-corrected chi connectivity index (χ3v) is 2.87. The van der Waals surface area contributed by atoms with Crippen LogP contribution in [0, 0.1) is 5.41 Å². The molecule has 0 aliphatic carbocycles. The van der Waals surface area contributed by atoms with E-state index in [1.54, 1.807) is 17.9 Å². The largest absolute Gasteiger partial charge is 0.480 e. The fourth-order valence-electron chi connectivity index (χ4n) is 1.59. The van der Waals surface area contributed by atoms with Crippen molar-refractivity contribution in [1.82, 2.24) is 15.1 Å². The molecule has 1 unspecified atom stereocenters. The number of rotatable bonds is 5. The third kappa shape index (κ3) is 2.83. The molecule has 6 heteroatoms. The Hall–Kier alpha value is -1.85. The maximum Gasteiger partial charge on any atom is 0.318 e. The molecule has 94 valence electrons. The molecule has 1 rings (SSSR count). The minimum absolute atomic E-state index is 0.244.